The second kappa shape index (κ2) is 4.46. The smallest absolute Gasteiger partial charge is 0.170 e. The van der Waals surface area contributed by atoms with Crippen LogP contribution in [0.15, 0.2) is 34.7 Å². The van der Waals surface area contributed by atoms with Crippen LogP contribution in [0.4, 0.5) is 0 Å². The van der Waals surface area contributed by atoms with Crippen molar-refractivity contribution in [3.8, 4) is 0 Å². The lowest BCUT2D eigenvalue weighted by Crippen LogP contribution is -2.47. The number of amidine groups is 1. The molecule has 0 unspecified atom stereocenters. The molecule has 1 N–H and O–H groups in total. The van der Waals surface area contributed by atoms with Crippen molar-refractivity contribution < 1.29 is 4.42 Å². The highest BCUT2D eigenvalue weighted by atomic mass is 16.3. The Bertz CT molecular complexity index is 534. The molecule has 0 amide bonds. The highest BCUT2D eigenvalue weighted by Crippen LogP contribution is 2.20. The topological polar surface area (TPSA) is 43.5 Å². The van der Waals surface area contributed by atoms with Gasteiger partial charge in [-0.25, -0.2) is 0 Å². The van der Waals surface area contributed by atoms with Crippen LogP contribution in [-0.4, -0.2) is 48.9 Å². The zero-order valence-corrected chi connectivity index (χ0v) is 10.5. The molecule has 1 saturated heterocycles. The largest absolute Gasteiger partial charge is 0.453 e. The van der Waals surface area contributed by atoms with Crippen molar-refractivity contribution in [3.63, 3.8) is 0 Å². The normalized spacial score (nSPS) is 17.3. The molecule has 1 aromatic heterocycles. The highest BCUT2D eigenvalue weighted by Gasteiger charge is 2.19. The number of furan rings is 1. The Morgan fingerprint density at radius 2 is 1.89 bits per heavy atom. The van der Waals surface area contributed by atoms with E-state index in [2.05, 4.69) is 16.8 Å². The second-order valence-corrected chi connectivity index (χ2v) is 4.79. The molecule has 2 heterocycles. The molecule has 2 aromatic rings. The number of fused-ring (bicyclic) bond motifs is 1. The molecule has 0 aliphatic carbocycles. The first-order chi connectivity index (χ1) is 8.74. The summed E-state index contributed by atoms with van der Waals surface area (Å²) in [5, 5.41) is 9.30. The van der Waals surface area contributed by atoms with E-state index in [1.165, 1.54) is 0 Å². The van der Waals surface area contributed by atoms with Gasteiger partial charge >= 0.3 is 0 Å². The first-order valence-corrected chi connectivity index (χ1v) is 6.25. The number of likely N-dealkylation sites (N-methyl/N-ethyl adjacent to an activating group) is 1. The van der Waals surface area contributed by atoms with E-state index >= 15 is 0 Å². The van der Waals surface area contributed by atoms with Crippen LogP contribution in [0.2, 0.25) is 0 Å². The Balaban J connectivity index is 1.83. The van der Waals surface area contributed by atoms with E-state index in [1.54, 1.807) is 0 Å². The quantitative estimate of drug-likeness (QED) is 0.615. The molecule has 94 valence electrons. The zero-order valence-electron chi connectivity index (χ0n) is 10.5. The summed E-state index contributed by atoms with van der Waals surface area (Å²) in [6.45, 7) is 3.80. The number of nitrogens with one attached hydrogen (secondary N) is 1. The van der Waals surface area contributed by atoms with Gasteiger partial charge in [-0.15, -0.1) is 0 Å². The van der Waals surface area contributed by atoms with Crippen molar-refractivity contribution in [1.82, 2.24) is 9.80 Å². The number of hydrogen-bond acceptors (Lipinski definition) is 3. The molecule has 1 aliphatic rings. The Hall–Kier alpha value is -1.81. The Labute approximate surface area is 106 Å². The van der Waals surface area contributed by atoms with E-state index in [-0.39, 0.29) is 0 Å². The van der Waals surface area contributed by atoms with Crippen molar-refractivity contribution in [3.05, 3.63) is 36.1 Å². The first kappa shape index (κ1) is 11.3. The minimum absolute atomic E-state index is 0.499. The van der Waals surface area contributed by atoms with Gasteiger partial charge in [-0.3, -0.25) is 5.41 Å². The number of benzene rings is 1. The Morgan fingerprint density at radius 3 is 2.61 bits per heavy atom. The van der Waals surface area contributed by atoms with Crippen molar-refractivity contribution in [2.45, 2.75) is 0 Å². The summed E-state index contributed by atoms with van der Waals surface area (Å²) in [4.78, 5) is 4.36. The number of nitrogens with zero attached hydrogens (tertiary/aromatic N) is 2. The zero-order chi connectivity index (χ0) is 12.5. The maximum absolute atomic E-state index is 8.24. The van der Waals surface area contributed by atoms with Crippen LogP contribution in [0.5, 0.6) is 0 Å². The summed E-state index contributed by atoms with van der Waals surface area (Å²) in [6.07, 6.45) is 0. The average molecular weight is 243 g/mol. The number of rotatable bonds is 1. The second-order valence-electron chi connectivity index (χ2n) is 4.79. The predicted octanol–water partition coefficient (Wildman–Crippen LogP) is 2.01. The van der Waals surface area contributed by atoms with Crippen molar-refractivity contribution in [1.29, 1.82) is 5.41 Å². The third kappa shape index (κ3) is 1.99. The van der Waals surface area contributed by atoms with Gasteiger partial charge in [0.15, 0.2) is 11.6 Å². The molecular formula is C14H17N3O. The minimum atomic E-state index is 0.499. The van der Waals surface area contributed by atoms with Gasteiger partial charge in [-0.2, -0.15) is 0 Å². The van der Waals surface area contributed by atoms with Crippen molar-refractivity contribution in [2.24, 2.45) is 0 Å². The van der Waals surface area contributed by atoms with Crippen LogP contribution in [0.1, 0.15) is 5.76 Å². The van der Waals surface area contributed by atoms with Crippen LogP contribution in [0.3, 0.4) is 0 Å². The highest BCUT2D eigenvalue weighted by molar-refractivity contribution is 5.97. The summed E-state index contributed by atoms with van der Waals surface area (Å²) in [5.74, 6) is 1.17. The lowest BCUT2D eigenvalue weighted by Gasteiger charge is -2.33. The predicted molar refractivity (Wildman–Crippen MR) is 72.1 cm³/mol. The van der Waals surface area contributed by atoms with E-state index in [0.717, 1.165) is 37.1 Å². The molecule has 0 radical (unpaired) electrons. The van der Waals surface area contributed by atoms with E-state index in [4.69, 9.17) is 9.83 Å². The summed E-state index contributed by atoms with van der Waals surface area (Å²) >= 11 is 0. The molecule has 4 heteroatoms. The van der Waals surface area contributed by atoms with Gasteiger partial charge in [-0.05, 0) is 19.2 Å². The van der Waals surface area contributed by atoms with E-state index < -0.39 is 0 Å². The van der Waals surface area contributed by atoms with Crippen molar-refractivity contribution >= 4 is 16.8 Å². The van der Waals surface area contributed by atoms with E-state index in [0.29, 0.717) is 11.6 Å². The Kier molecular flexibility index (Phi) is 2.80. The molecule has 0 saturated carbocycles. The molecule has 1 aromatic carbocycles. The van der Waals surface area contributed by atoms with Crippen LogP contribution in [0.25, 0.3) is 11.0 Å². The fraction of sp³-hybridized carbons (Fsp3) is 0.357. The first-order valence-electron chi connectivity index (χ1n) is 6.25. The van der Waals surface area contributed by atoms with E-state index in [1.807, 2.05) is 30.3 Å². The lowest BCUT2D eigenvalue weighted by atomic mass is 10.2. The average Bonchev–Trinajstić information content (AvgIpc) is 2.82. The molecule has 4 nitrogen and oxygen atoms in total. The SMILES string of the molecule is CN1CCN(C(=N)c2cc3ccccc3o2)CC1. The summed E-state index contributed by atoms with van der Waals surface area (Å²) in [5.41, 5.74) is 0.853. The van der Waals surface area contributed by atoms with Gasteiger partial charge in [0.05, 0.1) is 0 Å². The van der Waals surface area contributed by atoms with Crippen LogP contribution in [0, 0.1) is 5.41 Å². The number of hydrogen-bond donors (Lipinski definition) is 1. The minimum Gasteiger partial charge on any atom is -0.453 e. The van der Waals surface area contributed by atoms with Gasteiger partial charge < -0.3 is 14.2 Å². The fourth-order valence-corrected chi connectivity index (χ4v) is 2.28. The molecule has 1 fully saturated rings. The molecule has 3 rings (SSSR count). The Morgan fingerprint density at radius 1 is 1.17 bits per heavy atom. The molecule has 18 heavy (non-hydrogen) atoms. The maximum atomic E-state index is 8.24. The monoisotopic (exact) mass is 243 g/mol. The van der Waals surface area contributed by atoms with Gasteiger partial charge in [0.25, 0.3) is 0 Å². The summed E-state index contributed by atoms with van der Waals surface area (Å²) < 4.78 is 5.73. The third-order valence-corrected chi connectivity index (χ3v) is 3.48. The van der Waals surface area contributed by atoms with Gasteiger partial charge in [-0.1, -0.05) is 18.2 Å². The standard InChI is InChI=1S/C14H17N3O/c1-16-6-8-17(9-7-16)14(15)13-10-11-4-2-3-5-12(11)18-13/h2-5,10,15H,6-9H2,1H3. The molecule has 1 aliphatic heterocycles. The number of piperazine rings is 1. The molecule has 0 spiro atoms. The molecule has 0 bridgehead atoms. The summed E-state index contributed by atoms with van der Waals surface area (Å²) in [7, 11) is 2.11. The van der Waals surface area contributed by atoms with Crippen molar-refractivity contribution in [2.75, 3.05) is 33.2 Å². The van der Waals surface area contributed by atoms with Crippen LogP contribution >= 0.6 is 0 Å². The van der Waals surface area contributed by atoms with Crippen LogP contribution < -0.4 is 0 Å². The van der Waals surface area contributed by atoms with Gasteiger partial charge in [0.1, 0.15) is 5.58 Å². The fourth-order valence-electron chi connectivity index (χ4n) is 2.28. The van der Waals surface area contributed by atoms with Crippen LogP contribution in [-0.2, 0) is 0 Å². The molecular weight excluding hydrogens is 226 g/mol. The third-order valence-electron chi connectivity index (χ3n) is 3.48. The maximum Gasteiger partial charge on any atom is 0.170 e. The summed E-state index contributed by atoms with van der Waals surface area (Å²) in [6, 6.07) is 9.85. The number of para-hydroxylation sites is 1. The van der Waals surface area contributed by atoms with Gasteiger partial charge in [0.2, 0.25) is 0 Å². The molecule has 0 atom stereocenters. The van der Waals surface area contributed by atoms with E-state index in [9.17, 15) is 0 Å². The lowest BCUT2D eigenvalue weighted by molar-refractivity contribution is 0.213. The van der Waals surface area contributed by atoms with Gasteiger partial charge in [0, 0.05) is 31.6 Å².